The van der Waals surface area contributed by atoms with Crippen molar-refractivity contribution in [1.29, 1.82) is 0 Å². The first-order valence-corrected chi connectivity index (χ1v) is 5.33. The normalized spacial score (nSPS) is 10.1. The van der Waals surface area contributed by atoms with Crippen LogP contribution in [0.25, 0.3) is 0 Å². The molecule has 0 aliphatic heterocycles. The van der Waals surface area contributed by atoms with E-state index in [2.05, 4.69) is 4.98 Å². The summed E-state index contributed by atoms with van der Waals surface area (Å²) in [7, 11) is 1.58. The number of hydrogen-bond donors (Lipinski definition) is 1. The average molecular weight is 245 g/mol. The van der Waals surface area contributed by atoms with Gasteiger partial charge in [0.05, 0.1) is 5.56 Å². The number of rotatable bonds is 2. The molecule has 2 N–H and O–H groups in total. The van der Waals surface area contributed by atoms with Gasteiger partial charge in [0.2, 0.25) is 0 Å². The smallest absolute Gasteiger partial charge is 0.259 e. The third kappa shape index (κ3) is 2.45. The van der Waals surface area contributed by atoms with Gasteiger partial charge >= 0.3 is 0 Å². The summed E-state index contributed by atoms with van der Waals surface area (Å²) in [6.45, 7) is 0. The Kier molecular flexibility index (Phi) is 3.23. The maximum atomic E-state index is 13.1. The average Bonchev–Trinajstić information content (AvgIpc) is 2.38. The van der Waals surface area contributed by atoms with E-state index in [1.807, 2.05) is 0 Å². The molecule has 4 nitrogen and oxygen atoms in total. The second-order valence-electron chi connectivity index (χ2n) is 3.82. The van der Waals surface area contributed by atoms with E-state index in [0.717, 1.165) is 0 Å². The van der Waals surface area contributed by atoms with Crippen molar-refractivity contribution in [3.05, 3.63) is 54.0 Å². The topological polar surface area (TPSA) is 59.2 Å². The lowest BCUT2D eigenvalue weighted by Gasteiger charge is -2.17. The van der Waals surface area contributed by atoms with Gasteiger partial charge in [-0.05, 0) is 30.3 Å². The molecule has 0 atom stereocenters. The highest BCUT2D eigenvalue weighted by atomic mass is 19.1. The van der Waals surface area contributed by atoms with E-state index < -0.39 is 0 Å². The van der Waals surface area contributed by atoms with Crippen molar-refractivity contribution in [2.75, 3.05) is 17.7 Å². The maximum Gasteiger partial charge on any atom is 0.259 e. The van der Waals surface area contributed by atoms with Crippen molar-refractivity contribution in [3.63, 3.8) is 0 Å². The van der Waals surface area contributed by atoms with Crippen molar-refractivity contribution >= 4 is 17.4 Å². The minimum atomic E-state index is -0.386. The lowest BCUT2D eigenvalue weighted by Crippen LogP contribution is -2.26. The Morgan fingerprint density at radius 3 is 2.72 bits per heavy atom. The zero-order chi connectivity index (χ0) is 13.1. The second kappa shape index (κ2) is 4.83. The van der Waals surface area contributed by atoms with Crippen LogP contribution in [0.2, 0.25) is 0 Å². The largest absolute Gasteiger partial charge is 0.384 e. The summed E-state index contributed by atoms with van der Waals surface area (Å²) in [5, 5.41) is 0. The van der Waals surface area contributed by atoms with E-state index in [0.29, 0.717) is 17.1 Å². The first-order chi connectivity index (χ1) is 8.58. The Morgan fingerprint density at radius 2 is 2.11 bits per heavy atom. The first kappa shape index (κ1) is 12.0. The van der Waals surface area contributed by atoms with Gasteiger partial charge < -0.3 is 10.6 Å². The molecule has 0 unspecified atom stereocenters. The number of amides is 1. The van der Waals surface area contributed by atoms with Crippen LogP contribution in [0, 0.1) is 5.82 Å². The molecule has 0 bridgehead atoms. The lowest BCUT2D eigenvalue weighted by molar-refractivity contribution is 0.0992. The van der Waals surface area contributed by atoms with Crippen molar-refractivity contribution in [2.24, 2.45) is 0 Å². The molecule has 92 valence electrons. The van der Waals surface area contributed by atoms with Gasteiger partial charge in [0, 0.05) is 18.9 Å². The molecule has 0 aliphatic carbocycles. The molecule has 1 aromatic carbocycles. The molecule has 2 aromatic rings. The van der Waals surface area contributed by atoms with Crippen LogP contribution in [0.3, 0.4) is 0 Å². The van der Waals surface area contributed by atoms with Crippen LogP contribution in [-0.4, -0.2) is 17.9 Å². The highest BCUT2D eigenvalue weighted by molar-refractivity contribution is 6.05. The van der Waals surface area contributed by atoms with Crippen LogP contribution in [0.15, 0.2) is 42.6 Å². The highest BCUT2D eigenvalue weighted by Gasteiger charge is 2.13. The highest BCUT2D eigenvalue weighted by Crippen LogP contribution is 2.16. The van der Waals surface area contributed by atoms with Crippen LogP contribution in [-0.2, 0) is 0 Å². The summed E-state index contributed by atoms with van der Waals surface area (Å²) in [5.74, 6) is -0.310. The number of pyridine rings is 1. The molecule has 1 heterocycles. The van der Waals surface area contributed by atoms with Crippen molar-refractivity contribution in [2.45, 2.75) is 0 Å². The zero-order valence-corrected chi connectivity index (χ0v) is 9.80. The molecular weight excluding hydrogens is 233 g/mol. The molecule has 0 aliphatic rings. The second-order valence-corrected chi connectivity index (χ2v) is 3.82. The molecule has 0 saturated heterocycles. The van der Waals surface area contributed by atoms with E-state index in [-0.39, 0.29) is 11.7 Å². The summed E-state index contributed by atoms with van der Waals surface area (Å²) < 4.78 is 13.1. The number of benzene rings is 1. The van der Waals surface area contributed by atoms with E-state index in [1.54, 1.807) is 31.3 Å². The molecule has 0 fully saturated rings. The molecule has 0 spiro atoms. The van der Waals surface area contributed by atoms with E-state index >= 15 is 0 Å². The number of nitrogens with two attached hydrogens (primary N) is 1. The Bertz CT molecular complexity index is 569. The minimum absolute atomic E-state index is 0.270. The van der Waals surface area contributed by atoms with Gasteiger partial charge in [-0.1, -0.05) is 6.07 Å². The number of halogens is 1. The fourth-order valence-corrected chi connectivity index (χ4v) is 1.53. The van der Waals surface area contributed by atoms with Gasteiger partial charge in [-0.15, -0.1) is 0 Å². The third-order valence-corrected chi connectivity index (χ3v) is 2.53. The molecule has 0 saturated carbocycles. The lowest BCUT2D eigenvalue weighted by atomic mass is 10.2. The molecule has 5 heteroatoms. The first-order valence-electron chi connectivity index (χ1n) is 5.33. The molecule has 0 radical (unpaired) electrons. The van der Waals surface area contributed by atoms with Gasteiger partial charge in [-0.3, -0.25) is 4.79 Å². The SMILES string of the molecule is CN(C(=O)c1ccc(N)nc1)c1cccc(F)c1. The van der Waals surface area contributed by atoms with Gasteiger partial charge in [-0.2, -0.15) is 0 Å². The van der Waals surface area contributed by atoms with Gasteiger partial charge in [0.25, 0.3) is 5.91 Å². The number of anilines is 2. The maximum absolute atomic E-state index is 13.1. The van der Waals surface area contributed by atoms with Crippen LogP contribution in [0.1, 0.15) is 10.4 Å². The van der Waals surface area contributed by atoms with Crippen molar-refractivity contribution in [3.8, 4) is 0 Å². The zero-order valence-electron chi connectivity index (χ0n) is 9.80. The predicted molar refractivity (Wildman–Crippen MR) is 67.8 cm³/mol. The number of nitrogens with zero attached hydrogens (tertiary/aromatic N) is 2. The predicted octanol–water partition coefficient (Wildman–Crippen LogP) is 2.08. The Labute approximate surface area is 104 Å². The summed E-state index contributed by atoms with van der Waals surface area (Å²) >= 11 is 0. The Hall–Kier alpha value is -2.43. The van der Waals surface area contributed by atoms with Crippen LogP contribution in [0.5, 0.6) is 0 Å². The monoisotopic (exact) mass is 245 g/mol. The van der Waals surface area contributed by atoms with E-state index in [1.165, 1.54) is 23.2 Å². The minimum Gasteiger partial charge on any atom is -0.384 e. The van der Waals surface area contributed by atoms with E-state index in [9.17, 15) is 9.18 Å². The number of nitrogen functional groups attached to an aromatic ring is 1. The molecule has 18 heavy (non-hydrogen) atoms. The number of aromatic nitrogens is 1. The summed E-state index contributed by atoms with van der Waals surface area (Å²) in [6, 6.07) is 8.96. The molecule has 1 aromatic heterocycles. The van der Waals surface area contributed by atoms with Crippen molar-refractivity contribution < 1.29 is 9.18 Å². The third-order valence-electron chi connectivity index (χ3n) is 2.53. The molecular formula is C13H12FN3O. The summed E-state index contributed by atoms with van der Waals surface area (Å²) in [4.78, 5) is 17.3. The fourth-order valence-electron chi connectivity index (χ4n) is 1.53. The molecule has 2 rings (SSSR count). The van der Waals surface area contributed by atoms with Crippen LogP contribution < -0.4 is 10.6 Å². The molecule has 1 amide bonds. The number of hydrogen-bond acceptors (Lipinski definition) is 3. The van der Waals surface area contributed by atoms with Crippen molar-refractivity contribution in [1.82, 2.24) is 4.98 Å². The number of carbonyl (C=O) groups is 1. The standard InChI is InChI=1S/C13H12FN3O/c1-17(11-4-2-3-10(14)7-11)13(18)9-5-6-12(15)16-8-9/h2-8H,1H3,(H2,15,16). The van der Waals surface area contributed by atoms with Gasteiger partial charge in [0.1, 0.15) is 11.6 Å². The van der Waals surface area contributed by atoms with E-state index in [4.69, 9.17) is 5.73 Å². The number of carbonyl (C=O) groups excluding carboxylic acids is 1. The fraction of sp³-hybridized carbons (Fsp3) is 0.0769. The quantitative estimate of drug-likeness (QED) is 0.881. The summed E-state index contributed by atoms with van der Waals surface area (Å²) in [5.41, 5.74) is 6.33. The van der Waals surface area contributed by atoms with Crippen LogP contribution in [0.4, 0.5) is 15.9 Å². The Morgan fingerprint density at radius 1 is 1.33 bits per heavy atom. The summed E-state index contributed by atoms with van der Waals surface area (Å²) in [6.07, 6.45) is 1.40. The van der Waals surface area contributed by atoms with Gasteiger partial charge in [0.15, 0.2) is 0 Å². The Balaban J connectivity index is 2.26. The van der Waals surface area contributed by atoms with Gasteiger partial charge in [-0.25, -0.2) is 9.37 Å². The van der Waals surface area contributed by atoms with Crippen LogP contribution >= 0.6 is 0 Å².